The Morgan fingerprint density at radius 1 is 0.750 bits per heavy atom. The summed E-state index contributed by atoms with van der Waals surface area (Å²) in [4.78, 5) is 72.5. The van der Waals surface area contributed by atoms with E-state index in [0.29, 0.717) is 12.3 Å². The Morgan fingerprint density at radius 3 is 1.41 bits per heavy atom. The van der Waals surface area contributed by atoms with Crippen molar-refractivity contribution >= 4 is 47.5 Å². The maximum absolute atomic E-state index is 10.7. The molecule has 2 rings (SSSR count). The zero-order valence-corrected chi connectivity index (χ0v) is 24.7. The number of aliphatic carboxylic acids is 4. The largest absolute Gasteiger partial charge is 0.481 e. The summed E-state index contributed by atoms with van der Waals surface area (Å²) in [7, 11) is 0. The molecule has 1 aromatic rings. The molecule has 0 aromatic heterocycles. The molecular weight excluding hydrogens is 590 g/mol. The Hall–Kier alpha value is -5.02. The number of nitrogens with zero attached hydrogens (tertiary/aromatic N) is 1. The SMILES string of the molecule is CC(=NO)C(=O)O.CC(CC(C)C(=O)O)C(=O)O.CC1CCC(CC(=O)O)CC1.O=C(O)c1cccc(C(=O)O)c1C(=O)O. The number of carbonyl (C=O) groups is 7. The molecule has 246 valence electrons. The highest BCUT2D eigenvalue weighted by Crippen LogP contribution is 2.30. The molecule has 0 spiro atoms. The zero-order valence-electron chi connectivity index (χ0n) is 24.7. The van der Waals surface area contributed by atoms with Crippen LogP contribution in [0.5, 0.6) is 0 Å². The van der Waals surface area contributed by atoms with Crippen molar-refractivity contribution in [3.63, 3.8) is 0 Å². The van der Waals surface area contributed by atoms with Crippen LogP contribution in [-0.4, -0.2) is 88.4 Å². The molecule has 0 heterocycles. The van der Waals surface area contributed by atoms with Gasteiger partial charge >= 0.3 is 41.8 Å². The van der Waals surface area contributed by atoms with E-state index in [1.807, 2.05) is 0 Å². The smallest absolute Gasteiger partial charge is 0.353 e. The number of carboxylic acids is 7. The quantitative estimate of drug-likeness (QED) is 0.104. The molecule has 8 N–H and O–H groups in total. The van der Waals surface area contributed by atoms with Crippen molar-refractivity contribution < 1.29 is 74.5 Å². The van der Waals surface area contributed by atoms with Gasteiger partial charge in [-0.15, -0.1) is 0 Å². The van der Waals surface area contributed by atoms with E-state index in [1.165, 1.54) is 39.7 Å². The summed E-state index contributed by atoms with van der Waals surface area (Å²) in [6, 6.07) is 3.26. The Morgan fingerprint density at radius 2 is 1.16 bits per heavy atom. The molecule has 44 heavy (non-hydrogen) atoms. The van der Waals surface area contributed by atoms with Crippen molar-refractivity contribution in [1.29, 1.82) is 0 Å². The third-order valence-corrected chi connectivity index (χ3v) is 6.35. The number of hydrogen-bond acceptors (Lipinski definition) is 9. The molecule has 0 radical (unpaired) electrons. The summed E-state index contributed by atoms with van der Waals surface area (Å²) in [5.41, 5.74) is -2.10. The van der Waals surface area contributed by atoms with Gasteiger partial charge in [0.1, 0.15) is 0 Å². The van der Waals surface area contributed by atoms with Crippen LogP contribution in [0.15, 0.2) is 23.4 Å². The van der Waals surface area contributed by atoms with Gasteiger partial charge < -0.3 is 41.0 Å². The summed E-state index contributed by atoms with van der Waals surface area (Å²) in [6.07, 6.45) is 5.24. The molecule has 1 aliphatic carbocycles. The van der Waals surface area contributed by atoms with Crippen LogP contribution < -0.4 is 0 Å². The molecule has 0 amide bonds. The van der Waals surface area contributed by atoms with Crippen LogP contribution in [0, 0.1) is 23.7 Å². The third-order valence-electron chi connectivity index (χ3n) is 6.35. The van der Waals surface area contributed by atoms with Crippen LogP contribution in [0.3, 0.4) is 0 Å². The summed E-state index contributed by atoms with van der Waals surface area (Å²) >= 11 is 0. The fraction of sp³-hybridized carbons (Fsp3) is 0.500. The number of carboxylic acid groups (broad SMARTS) is 7. The van der Waals surface area contributed by atoms with Gasteiger partial charge in [-0.2, -0.15) is 0 Å². The first-order chi connectivity index (χ1) is 20.3. The topological polar surface area (TPSA) is 294 Å². The molecule has 1 aromatic carbocycles. The lowest BCUT2D eigenvalue weighted by Gasteiger charge is -2.24. The van der Waals surface area contributed by atoms with Gasteiger partial charge in [-0.1, -0.05) is 44.8 Å². The molecule has 2 atom stereocenters. The molecule has 1 aliphatic rings. The fourth-order valence-corrected chi connectivity index (χ4v) is 3.69. The van der Waals surface area contributed by atoms with Crippen LogP contribution >= 0.6 is 0 Å². The first-order valence-electron chi connectivity index (χ1n) is 13.2. The monoisotopic (exact) mass is 629 g/mol. The first kappa shape index (κ1) is 41.1. The van der Waals surface area contributed by atoms with E-state index in [1.54, 1.807) is 0 Å². The van der Waals surface area contributed by atoms with E-state index in [-0.39, 0.29) is 12.1 Å². The highest BCUT2D eigenvalue weighted by Gasteiger charge is 2.23. The van der Waals surface area contributed by atoms with E-state index in [9.17, 15) is 33.6 Å². The lowest BCUT2D eigenvalue weighted by Crippen LogP contribution is -2.18. The van der Waals surface area contributed by atoms with E-state index in [2.05, 4.69) is 12.1 Å². The van der Waals surface area contributed by atoms with Gasteiger partial charge in [0, 0.05) is 6.42 Å². The van der Waals surface area contributed by atoms with Gasteiger partial charge in [-0.3, -0.25) is 14.4 Å². The van der Waals surface area contributed by atoms with Crippen LogP contribution in [0.2, 0.25) is 0 Å². The van der Waals surface area contributed by atoms with Crippen molar-refractivity contribution in [3.05, 3.63) is 34.9 Å². The average Bonchev–Trinajstić information content (AvgIpc) is 2.93. The second-order valence-electron chi connectivity index (χ2n) is 10.1. The van der Waals surface area contributed by atoms with Crippen LogP contribution in [0.4, 0.5) is 0 Å². The normalized spacial score (nSPS) is 16.9. The molecule has 0 saturated heterocycles. The number of aromatic carboxylic acids is 3. The predicted molar refractivity (Wildman–Crippen MR) is 151 cm³/mol. The average molecular weight is 630 g/mol. The van der Waals surface area contributed by atoms with Crippen LogP contribution in [0.1, 0.15) is 97.3 Å². The van der Waals surface area contributed by atoms with Gasteiger partial charge in [0.25, 0.3) is 0 Å². The van der Waals surface area contributed by atoms with Crippen LogP contribution in [-0.2, 0) is 19.2 Å². The van der Waals surface area contributed by atoms with Gasteiger partial charge in [-0.05, 0) is 50.2 Å². The minimum atomic E-state index is -1.58. The minimum absolute atomic E-state index is 0.185. The van der Waals surface area contributed by atoms with Gasteiger partial charge in [0.2, 0.25) is 0 Å². The van der Waals surface area contributed by atoms with Crippen molar-refractivity contribution in [3.8, 4) is 0 Å². The molecule has 0 aliphatic heterocycles. The van der Waals surface area contributed by atoms with E-state index in [0.717, 1.165) is 30.9 Å². The highest BCUT2D eigenvalue weighted by atomic mass is 16.4. The number of oxime groups is 1. The lowest BCUT2D eigenvalue weighted by molar-refractivity contribution is -0.145. The van der Waals surface area contributed by atoms with Crippen molar-refractivity contribution in [2.75, 3.05) is 0 Å². The highest BCUT2D eigenvalue weighted by molar-refractivity contribution is 6.34. The Balaban J connectivity index is 0. The maximum atomic E-state index is 10.7. The molecular formula is C28H39NO15. The zero-order chi connectivity index (χ0) is 34.7. The Kier molecular flexibility index (Phi) is 19.4. The Bertz CT molecular complexity index is 1150. The van der Waals surface area contributed by atoms with Gasteiger partial charge in [0.05, 0.1) is 28.5 Å². The number of benzene rings is 1. The van der Waals surface area contributed by atoms with Crippen LogP contribution in [0.25, 0.3) is 0 Å². The second-order valence-corrected chi connectivity index (χ2v) is 10.1. The fourth-order valence-electron chi connectivity index (χ4n) is 3.69. The van der Waals surface area contributed by atoms with Gasteiger partial charge in [0.15, 0.2) is 5.71 Å². The third kappa shape index (κ3) is 17.1. The lowest BCUT2D eigenvalue weighted by atomic mass is 9.81. The van der Waals surface area contributed by atoms with Crippen molar-refractivity contribution in [2.45, 2.75) is 66.2 Å². The first-order valence-corrected chi connectivity index (χ1v) is 13.2. The molecule has 16 nitrogen and oxygen atoms in total. The Labute approximate surface area is 252 Å². The molecule has 1 saturated carbocycles. The second kappa shape index (κ2) is 20.8. The summed E-state index contributed by atoms with van der Waals surface area (Å²) in [6.45, 7) is 6.45. The summed E-state index contributed by atoms with van der Waals surface area (Å²) in [5, 5.41) is 69.4. The molecule has 16 heteroatoms. The minimum Gasteiger partial charge on any atom is -0.481 e. The van der Waals surface area contributed by atoms with Crippen molar-refractivity contribution in [2.24, 2.45) is 28.8 Å². The van der Waals surface area contributed by atoms with E-state index >= 15 is 0 Å². The standard InChI is InChI=1S/C9H6O6.C9H16O2.C7H12O4.C3H5NO3/c10-7(11)4-2-1-3-5(8(12)13)6(4)9(14)15;1-7-2-4-8(5-3-7)6-9(10)11;1-4(6(8)9)3-5(2)7(10)11;1-2(4-7)3(5)6/h1-3H,(H,10,11)(H,12,13)(H,14,15);7-8H,2-6H2,1H3,(H,10,11);4-5H,3H2,1-2H3,(H,8,9)(H,10,11);7H,1H3,(H,5,6). The molecule has 2 unspecified atom stereocenters. The number of hydrogen-bond donors (Lipinski definition) is 8. The maximum Gasteiger partial charge on any atom is 0.353 e. The molecule has 1 fully saturated rings. The number of rotatable bonds is 10. The summed E-state index contributed by atoms with van der Waals surface area (Å²) < 4.78 is 0. The van der Waals surface area contributed by atoms with Crippen molar-refractivity contribution in [1.82, 2.24) is 0 Å². The summed E-state index contributed by atoms with van der Waals surface area (Å²) in [5.74, 6) is -8.15. The molecule has 0 bridgehead atoms. The van der Waals surface area contributed by atoms with E-state index in [4.69, 9.17) is 41.0 Å². The van der Waals surface area contributed by atoms with E-state index < -0.39 is 70.3 Å². The van der Waals surface area contributed by atoms with Gasteiger partial charge in [-0.25, -0.2) is 19.2 Å². The predicted octanol–water partition coefficient (Wildman–Crippen LogP) is 3.81.